The van der Waals surface area contributed by atoms with Gasteiger partial charge in [-0.25, -0.2) is 4.79 Å². The molecule has 1 saturated carbocycles. The molecule has 20 heavy (non-hydrogen) atoms. The molecule has 0 saturated heterocycles. The van der Waals surface area contributed by atoms with Gasteiger partial charge in [0.05, 0.1) is 7.11 Å². The summed E-state index contributed by atoms with van der Waals surface area (Å²) < 4.78 is 4.36. The third-order valence-electron chi connectivity index (χ3n) is 3.29. The van der Waals surface area contributed by atoms with E-state index in [1.807, 2.05) is 0 Å². The van der Waals surface area contributed by atoms with E-state index in [-0.39, 0.29) is 5.56 Å². The van der Waals surface area contributed by atoms with E-state index in [2.05, 4.69) is 0 Å². The lowest BCUT2D eigenvalue weighted by atomic mass is 10.2. The summed E-state index contributed by atoms with van der Waals surface area (Å²) in [6.45, 7) is 0.641. The number of alkyl halides is 3. The molecule has 1 aromatic heterocycles. The Bertz CT molecular complexity index is 529. The fraction of sp³-hybridized carbons (Fsp3) is 0.538. The van der Waals surface area contributed by atoms with Crippen molar-refractivity contribution in [2.45, 2.75) is 29.6 Å². The molecule has 4 nitrogen and oxygen atoms in total. The molecule has 110 valence electrons. The van der Waals surface area contributed by atoms with Gasteiger partial charge in [-0.15, -0.1) is 0 Å². The standard InChI is InChI=1S/C13H14Cl3NO3/c1-20-12(19)10-6-9(11(18)13(14,15)16)7-17(10)5-4-8-2-3-8/h6-8H,2-5H2,1H3. The molecule has 0 aliphatic heterocycles. The van der Waals surface area contributed by atoms with Gasteiger partial charge in [-0.05, 0) is 18.4 Å². The number of carbonyl (C=O) groups excluding carboxylic acids is 2. The van der Waals surface area contributed by atoms with Crippen molar-refractivity contribution in [3.8, 4) is 0 Å². The van der Waals surface area contributed by atoms with Gasteiger partial charge in [0.2, 0.25) is 5.78 Å². The number of esters is 1. The first-order valence-corrected chi connectivity index (χ1v) is 7.36. The quantitative estimate of drug-likeness (QED) is 0.468. The number of ether oxygens (including phenoxy) is 1. The minimum atomic E-state index is -2.03. The van der Waals surface area contributed by atoms with Crippen LogP contribution in [0.4, 0.5) is 0 Å². The van der Waals surface area contributed by atoms with Gasteiger partial charge in [0.15, 0.2) is 0 Å². The molecule has 2 rings (SSSR count). The van der Waals surface area contributed by atoms with Crippen LogP contribution in [-0.4, -0.2) is 27.2 Å². The summed E-state index contributed by atoms with van der Waals surface area (Å²) in [6, 6.07) is 1.41. The largest absolute Gasteiger partial charge is 0.464 e. The monoisotopic (exact) mass is 337 g/mol. The van der Waals surface area contributed by atoms with Crippen LogP contribution in [0.3, 0.4) is 0 Å². The topological polar surface area (TPSA) is 48.3 Å². The highest BCUT2D eigenvalue weighted by Crippen LogP contribution is 2.34. The lowest BCUT2D eigenvalue weighted by molar-refractivity contribution is 0.0588. The molecule has 1 aliphatic rings. The number of rotatable bonds is 5. The first-order valence-electron chi connectivity index (χ1n) is 6.23. The van der Waals surface area contributed by atoms with Crippen LogP contribution in [0.1, 0.15) is 40.1 Å². The number of Topliss-reactive ketones (excluding diaryl/α,β-unsaturated/α-hetero) is 1. The van der Waals surface area contributed by atoms with Crippen LogP contribution in [0.25, 0.3) is 0 Å². The van der Waals surface area contributed by atoms with Crippen LogP contribution in [-0.2, 0) is 11.3 Å². The molecule has 0 unspecified atom stereocenters. The van der Waals surface area contributed by atoms with Gasteiger partial charge in [-0.1, -0.05) is 47.6 Å². The molecule has 0 spiro atoms. The highest BCUT2D eigenvalue weighted by Gasteiger charge is 2.33. The van der Waals surface area contributed by atoms with E-state index >= 15 is 0 Å². The molecule has 0 N–H and O–H groups in total. The number of nitrogens with zero attached hydrogens (tertiary/aromatic N) is 1. The van der Waals surface area contributed by atoms with Crippen molar-refractivity contribution in [2.75, 3.05) is 7.11 Å². The number of hydrogen-bond donors (Lipinski definition) is 0. The first-order chi connectivity index (χ1) is 9.32. The Morgan fingerprint density at radius 3 is 2.55 bits per heavy atom. The molecule has 1 aliphatic carbocycles. The minimum Gasteiger partial charge on any atom is -0.464 e. The molecule has 0 radical (unpaired) electrons. The van der Waals surface area contributed by atoms with Crippen LogP contribution in [0, 0.1) is 5.92 Å². The fourth-order valence-electron chi connectivity index (χ4n) is 1.99. The highest BCUT2D eigenvalue weighted by atomic mass is 35.6. The lowest BCUT2D eigenvalue weighted by Crippen LogP contribution is -2.18. The van der Waals surface area contributed by atoms with Crippen molar-refractivity contribution >= 4 is 46.6 Å². The molecule has 0 bridgehead atoms. The van der Waals surface area contributed by atoms with Crippen molar-refractivity contribution in [3.63, 3.8) is 0 Å². The van der Waals surface area contributed by atoms with Gasteiger partial charge in [0.25, 0.3) is 3.79 Å². The van der Waals surface area contributed by atoms with Crippen molar-refractivity contribution < 1.29 is 14.3 Å². The van der Waals surface area contributed by atoms with Crippen LogP contribution < -0.4 is 0 Å². The maximum absolute atomic E-state index is 11.9. The summed E-state index contributed by atoms with van der Waals surface area (Å²) in [5.41, 5.74) is 0.493. The smallest absolute Gasteiger partial charge is 0.354 e. The van der Waals surface area contributed by atoms with E-state index in [0.29, 0.717) is 18.2 Å². The Balaban J connectivity index is 2.25. The first kappa shape index (κ1) is 15.7. The molecule has 1 fully saturated rings. The Kier molecular flexibility index (Phi) is 4.67. The zero-order chi connectivity index (χ0) is 14.9. The zero-order valence-corrected chi connectivity index (χ0v) is 13.1. The van der Waals surface area contributed by atoms with Gasteiger partial charge >= 0.3 is 5.97 Å². The van der Waals surface area contributed by atoms with Gasteiger partial charge in [-0.3, -0.25) is 4.79 Å². The summed E-state index contributed by atoms with van der Waals surface area (Å²) in [5.74, 6) is -0.461. The Morgan fingerprint density at radius 2 is 2.05 bits per heavy atom. The van der Waals surface area contributed by atoms with Gasteiger partial charge < -0.3 is 9.30 Å². The second-order valence-corrected chi connectivity index (χ2v) is 7.14. The zero-order valence-electron chi connectivity index (χ0n) is 10.9. The second kappa shape index (κ2) is 5.96. The van der Waals surface area contributed by atoms with E-state index in [1.54, 1.807) is 10.8 Å². The number of ketones is 1. The minimum absolute atomic E-state index is 0.196. The Hall–Kier alpha value is -0.710. The van der Waals surface area contributed by atoms with Crippen molar-refractivity contribution in [1.29, 1.82) is 0 Å². The Labute approximate surface area is 131 Å². The van der Waals surface area contributed by atoms with Crippen molar-refractivity contribution in [1.82, 2.24) is 4.57 Å². The van der Waals surface area contributed by atoms with Crippen LogP contribution in [0.5, 0.6) is 0 Å². The molecule has 7 heteroatoms. The predicted octanol–water partition coefficient (Wildman–Crippen LogP) is 3.63. The van der Waals surface area contributed by atoms with Crippen LogP contribution in [0.15, 0.2) is 12.3 Å². The molecular formula is C13H14Cl3NO3. The van der Waals surface area contributed by atoms with E-state index < -0.39 is 15.5 Å². The van der Waals surface area contributed by atoms with E-state index in [4.69, 9.17) is 39.5 Å². The summed E-state index contributed by atoms with van der Waals surface area (Å²) >= 11 is 16.8. The molecule has 0 aromatic carbocycles. The number of aromatic nitrogens is 1. The van der Waals surface area contributed by atoms with Crippen molar-refractivity contribution in [3.05, 3.63) is 23.5 Å². The number of halogens is 3. The summed E-state index contributed by atoms with van der Waals surface area (Å²) in [5, 5.41) is 0. The maximum Gasteiger partial charge on any atom is 0.354 e. The van der Waals surface area contributed by atoms with E-state index in [1.165, 1.54) is 26.0 Å². The van der Waals surface area contributed by atoms with Crippen LogP contribution >= 0.6 is 34.8 Å². The molecule has 0 amide bonds. The normalized spacial score (nSPS) is 15.2. The molecule has 1 heterocycles. The lowest BCUT2D eigenvalue weighted by Gasteiger charge is -2.07. The number of aryl methyl sites for hydroxylation is 1. The second-order valence-electron chi connectivity index (χ2n) is 4.86. The maximum atomic E-state index is 11.9. The molecule has 1 aromatic rings. The van der Waals surface area contributed by atoms with Gasteiger partial charge in [0, 0.05) is 18.3 Å². The number of hydrogen-bond acceptors (Lipinski definition) is 3. The SMILES string of the molecule is COC(=O)c1cc(C(=O)C(Cl)(Cl)Cl)cn1CCC1CC1. The third kappa shape index (κ3) is 3.68. The Morgan fingerprint density at radius 1 is 1.40 bits per heavy atom. The molecule has 0 atom stereocenters. The van der Waals surface area contributed by atoms with Gasteiger partial charge in [-0.2, -0.15) is 0 Å². The van der Waals surface area contributed by atoms with E-state index in [0.717, 1.165) is 6.42 Å². The highest BCUT2D eigenvalue weighted by molar-refractivity contribution is 6.77. The van der Waals surface area contributed by atoms with Gasteiger partial charge in [0.1, 0.15) is 5.69 Å². The predicted molar refractivity (Wildman–Crippen MR) is 77.7 cm³/mol. The molecular weight excluding hydrogens is 325 g/mol. The fourth-order valence-corrected chi connectivity index (χ4v) is 2.31. The summed E-state index contributed by atoms with van der Waals surface area (Å²) in [4.78, 5) is 23.7. The number of carbonyl (C=O) groups is 2. The van der Waals surface area contributed by atoms with Crippen LogP contribution in [0.2, 0.25) is 0 Å². The third-order valence-corrected chi connectivity index (χ3v) is 3.80. The van der Waals surface area contributed by atoms with E-state index in [9.17, 15) is 9.59 Å². The summed E-state index contributed by atoms with van der Waals surface area (Å²) in [6.07, 6.45) is 4.93. The van der Waals surface area contributed by atoms with Crippen molar-refractivity contribution in [2.24, 2.45) is 5.92 Å². The number of methoxy groups -OCH3 is 1. The average molecular weight is 339 g/mol. The summed E-state index contributed by atoms with van der Waals surface area (Å²) in [7, 11) is 1.29. The average Bonchev–Trinajstić information content (AvgIpc) is 3.12.